The Hall–Kier alpha value is -1.36. The molecule has 2 aromatic heterocycles. The fourth-order valence-corrected chi connectivity index (χ4v) is 4.47. The molecule has 10 heteroatoms. The van der Waals surface area contributed by atoms with Gasteiger partial charge in [0, 0.05) is 11.4 Å². The van der Waals surface area contributed by atoms with Crippen LogP contribution in [-0.4, -0.2) is 36.1 Å². The molecule has 0 saturated heterocycles. The first-order valence-electron chi connectivity index (χ1n) is 5.93. The summed E-state index contributed by atoms with van der Waals surface area (Å²) in [7, 11) is -1.76. The SMILES string of the molecule is CNCc1sc(S(=O)(=O)NC(C)c2nn[nH]n2)cc1C. The number of aryl methyl sites for hydroxylation is 1. The second-order valence-electron chi connectivity index (χ2n) is 4.31. The molecule has 0 bridgehead atoms. The lowest BCUT2D eigenvalue weighted by molar-refractivity contribution is 0.562. The Morgan fingerprint density at radius 1 is 1.50 bits per heavy atom. The Morgan fingerprint density at radius 3 is 2.85 bits per heavy atom. The van der Waals surface area contributed by atoms with Crippen LogP contribution in [0.15, 0.2) is 10.3 Å². The summed E-state index contributed by atoms with van der Waals surface area (Å²) in [6, 6.07) is 1.12. The normalized spacial score (nSPS) is 13.6. The number of tetrazole rings is 1. The Labute approximate surface area is 121 Å². The maximum atomic E-state index is 12.3. The number of aromatic nitrogens is 4. The van der Waals surface area contributed by atoms with Gasteiger partial charge in [-0.15, -0.1) is 21.5 Å². The van der Waals surface area contributed by atoms with Crippen molar-refractivity contribution < 1.29 is 8.42 Å². The van der Waals surface area contributed by atoms with Gasteiger partial charge in [0.05, 0.1) is 6.04 Å². The number of hydrogen-bond acceptors (Lipinski definition) is 7. The molecule has 0 aliphatic rings. The number of sulfonamides is 1. The molecule has 0 amide bonds. The minimum absolute atomic E-state index is 0.288. The molecule has 0 aliphatic carbocycles. The zero-order valence-electron chi connectivity index (χ0n) is 11.3. The van der Waals surface area contributed by atoms with E-state index in [-0.39, 0.29) is 4.21 Å². The largest absolute Gasteiger partial charge is 0.315 e. The van der Waals surface area contributed by atoms with Crippen LogP contribution in [0.5, 0.6) is 0 Å². The summed E-state index contributed by atoms with van der Waals surface area (Å²) in [4.78, 5) is 1.00. The van der Waals surface area contributed by atoms with Crippen LogP contribution in [0, 0.1) is 6.92 Å². The third kappa shape index (κ3) is 3.20. The zero-order valence-corrected chi connectivity index (χ0v) is 13.0. The number of nitrogens with zero attached hydrogens (tertiary/aromatic N) is 3. The van der Waals surface area contributed by atoms with Crippen molar-refractivity contribution in [2.75, 3.05) is 7.05 Å². The van der Waals surface area contributed by atoms with Gasteiger partial charge in [-0.2, -0.15) is 9.94 Å². The van der Waals surface area contributed by atoms with E-state index in [1.165, 1.54) is 11.3 Å². The maximum Gasteiger partial charge on any atom is 0.250 e. The van der Waals surface area contributed by atoms with E-state index in [1.807, 2.05) is 14.0 Å². The molecule has 0 radical (unpaired) electrons. The van der Waals surface area contributed by atoms with Gasteiger partial charge in [-0.25, -0.2) is 8.42 Å². The van der Waals surface area contributed by atoms with E-state index in [2.05, 4.69) is 30.7 Å². The van der Waals surface area contributed by atoms with Gasteiger partial charge >= 0.3 is 0 Å². The van der Waals surface area contributed by atoms with Gasteiger partial charge in [0.2, 0.25) is 0 Å². The van der Waals surface area contributed by atoms with Crippen LogP contribution in [0.1, 0.15) is 29.2 Å². The van der Waals surface area contributed by atoms with Gasteiger partial charge in [0.25, 0.3) is 10.0 Å². The Morgan fingerprint density at radius 2 is 2.25 bits per heavy atom. The Balaban J connectivity index is 2.20. The highest BCUT2D eigenvalue weighted by atomic mass is 32.2. The minimum atomic E-state index is -3.59. The van der Waals surface area contributed by atoms with E-state index < -0.39 is 16.1 Å². The predicted molar refractivity (Wildman–Crippen MR) is 74.7 cm³/mol. The lowest BCUT2D eigenvalue weighted by Gasteiger charge is -2.08. The number of nitrogens with one attached hydrogen (secondary N) is 3. The molecule has 8 nitrogen and oxygen atoms in total. The summed E-state index contributed by atoms with van der Waals surface area (Å²) in [6.07, 6.45) is 0. The number of hydrogen-bond donors (Lipinski definition) is 3. The van der Waals surface area contributed by atoms with Gasteiger partial charge < -0.3 is 5.32 Å². The Kier molecular flexibility index (Phi) is 4.48. The van der Waals surface area contributed by atoms with Gasteiger partial charge in [-0.1, -0.05) is 5.21 Å². The van der Waals surface area contributed by atoms with E-state index in [1.54, 1.807) is 13.0 Å². The Bertz CT molecular complexity index is 664. The van der Waals surface area contributed by atoms with Crippen molar-refractivity contribution in [1.29, 1.82) is 0 Å². The first kappa shape index (κ1) is 15.0. The third-order valence-corrected chi connectivity index (χ3v) is 5.93. The summed E-state index contributed by atoms with van der Waals surface area (Å²) in [6.45, 7) is 4.20. The molecular weight excluding hydrogens is 300 g/mol. The highest BCUT2D eigenvalue weighted by Gasteiger charge is 2.23. The lowest BCUT2D eigenvalue weighted by Crippen LogP contribution is -2.27. The molecule has 2 heterocycles. The standard InChI is InChI=1S/C10H16N6O2S2/c1-6-4-9(19-8(6)5-11-3)20(17,18)14-7(2)10-12-15-16-13-10/h4,7,11,14H,5H2,1-3H3,(H,12,13,15,16). The fraction of sp³-hybridized carbons (Fsp3) is 0.500. The zero-order chi connectivity index (χ0) is 14.8. The van der Waals surface area contributed by atoms with Crippen LogP contribution in [0.2, 0.25) is 0 Å². The molecule has 0 aliphatic heterocycles. The molecule has 2 rings (SSSR count). The average molecular weight is 316 g/mol. The van der Waals surface area contributed by atoms with Gasteiger partial charge in [-0.3, -0.25) is 0 Å². The molecule has 0 saturated carbocycles. The van der Waals surface area contributed by atoms with E-state index in [4.69, 9.17) is 0 Å². The quantitative estimate of drug-likeness (QED) is 0.708. The predicted octanol–water partition coefficient (Wildman–Crippen LogP) is 0.329. The maximum absolute atomic E-state index is 12.3. The average Bonchev–Trinajstić information content (AvgIpc) is 3.00. The molecular formula is C10H16N6O2S2. The lowest BCUT2D eigenvalue weighted by atomic mass is 10.3. The smallest absolute Gasteiger partial charge is 0.250 e. The topological polar surface area (TPSA) is 113 Å². The number of aromatic amines is 1. The van der Waals surface area contributed by atoms with Crippen molar-refractivity contribution in [3.63, 3.8) is 0 Å². The first-order valence-corrected chi connectivity index (χ1v) is 8.23. The van der Waals surface area contributed by atoms with Gasteiger partial charge in [-0.05, 0) is 32.5 Å². The summed E-state index contributed by atoms with van der Waals surface area (Å²) >= 11 is 1.25. The number of H-pyrrole nitrogens is 1. The van der Waals surface area contributed by atoms with Crippen molar-refractivity contribution in [2.24, 2.45) is 0 Å². The molecule has 0 aromatic carbocycles. The van der Waals surface area contributed by atoms with Crippen LogP contribution >= 0.6 is 11.3 Å². The van der Waals surface area contributed by atoms with E-state index in [0.29, 0.717) is 12.4 Å². The fourth-order valence-electron chi connectivity index (χ4n) is 1.65. The summed E-state index contributed by atoms with van der Waals surface area (Å²) in [5.41, 5.74) is 0.955. The molecule has 1 unspecified atom stereocenters. The molecule has 1 atom stereocenters. The van der Waals surface area contributed by atoms with E-state index in [0.717, 1.165) is 10.4 Å². The molecule has 3 N–H and O–H groups in total. The second-order valence-corrected chi connectivity index (χ2v) is 7.39. The van der Waals surface area contributed by atoms with Crippen LogP contribution in [0.25, 0.3) is 0 Å². The van der Waals surface area contributed by atoms with Crippen molar-refractivity contribution in [3.05, 3.63) is 22.3 Å². The van der Waals surface area contributed by atoms with E-state index >= 15 is 0 Å². The third-order valence-electron chi connectivity index (χ3n) is 2.68. The van der Waals surface area contributed by atoms with Crippen molar-refractivity contribution in [2.45, 2.75) is 30.6 Å². The molecule has 20 heavy (non-hydrogen) atoms. The molecule has 0 spiro atoms. The van der Waals surface area contributed by atoms with Crippen molar-refractivity contribution >= 4 is 21.4 Å². The summed E-state index contributed by atoms with van der Waals surface area (Å²) < 4.78 is 27.4. The van der Waals surface area contributed by atoms with Crippen LogP contribution in [-0.2, 0) is 16.6 Å². The number of rotatable bonds is 6. The highest BCUT2D eigenvalue weighted by Crippen LogP contribution is 2.26. The van der Waals surface area contributed by atoms with Crippen LogP contribution < -0.4 is 10.0 Å². The van der Waals surface area contributed by atoms with Gasteiger partial charge in [0.1, 0.15) is 4.21 Å². The molecule has 0 fully saturated rings. The van der Waals surface area contributed by atoms with Crippen molar-refractivity contribution in [1.82, 2.24) is 30.7 Å². The van der Waals surface area contributed by atoms with Crippen LogP contribution in [0.3, 0.4) is 0 Å². The highest BCUT2D eigenvalue weighted by molar-refractivity contribution is 7.91. The van der Waals surface area contributed by atoms with Crippen LogP contribution in [0.4, 0.5) is 0 Å². The van der Waals surface area contributed by atoms with Gasteiger partial charge in [0.15, 0.2) is 5.82 Å². The minimum Gasteiger partial charge on any atom is -0.315 e. The number of thiophene rings is 1. The first-order chi connectivity index (χ1) is 9.44. The second kappa shape index (κ2) is 5.95. The summed E-state index contributed by atoms with van der Waals surface area (Å²) in [5.74, 6) is 0.303. The molecule has 2 aromatic rings. The summed E-state index contributed by atoms with van der Waals surface area (Å²) in [5, 5.41) is 16.3. The monoisotopic (exact) mass is 316 g/mol. The van der Waals surface area contributed by atoms with Crippen molar-refractivity contribution in [3.8, 4) is 0 Å². The van der Waals surface area contributed by atoms with E-state index in [9.17, 15) is 8.42 Å². The molecule has 110 valence electrons.